The van der Waals surface area contributed by atoms with Crippen LogP contribution in [-0.4, -0.2) is 14.5 Å². The van der Waals surface area contributed by atoms with Gasteiger partial charge in [-0.2, -0.15) is 4.39 Å². The van der Waals surface area contributed by atoms with Crippen molar-refractivity contribution in [2.45, 2.75) is 24.8 Å². The molecule has 0 bridgehead atoms. The normalized spacial score (nSPS) is 11.9. The van der Waals surface area contributed by atoms with Gasteiger partial charge in [-0.3, -0.25) is 0 Å². The summed E-state index contributed by atoms with van der Waals surface area (Å²) in [6.07, 6.45) is -0.353. The summed E-state index contributed by atoms with van der Waals surface area (Å²) in [4.78, 5) is -0.888. The molecule has 0 amide bonds. The summed E-state index contributed by atoms with van der Waals surface area (Å²) in [6, 6.07) is 1.89. The monoisotopic (exact) mass is 251 g/mol. The molecule has 90 valence electrons. The van der Waals surface area contributed by atoms with Crippen molar-refractivity contribution in [3.05, 3.63) is 23.8 Å². The van der Waals surface area contributed by atoms with Crippen molar-refractivity contribution in [3.8, 4) is 5.75 Å². The molecule has 16 heavy (non-hydrogen) atoms. The van der Waals surface area contributed by atoms with E-state index in [1.54, 1.807) is 13.8 Å². The molecule has 0 saturated carbocycles. The van der Waals surface area contributed by atoms with Crippen molar-refractivity contribution in [3.63, 3.8) is 0 Å². The van der Waals surface area contributed by atoms with Crippen LogP contribution in [0.3, 0.4) is 0 Å². The third kappa shape index (κ3) is 2.67. The first kappa shape index (κ1) is 12.9. The fraction of sp³-hybridized carbons (Fsp3) is 0.333. The predicted octanol–water partition coefficient (Wildman–Crippen LogP) is 1.40. The fourth-order valence-corrected chi connectivity index (χ4v) is 1.68. The van der Waals surface area contributed by atoms with Gasteiger partial charge in [-0.1, -0.05) is 0 Å². The lowest BCUT2D eigenvalue weighted by Gasteiger charge is -2.11. The predicted molar refractivity (Wildman–Crippen MR) is 53.5 cm³/mol. The van der Waals surface area contributed by atoms with Crippen molar-refractivity contribution in [2.24, 2.45) is 5.14 Å². The van der Waals surface area contributed by atoms with E-state index in [1.165, 1.54) is 0 Å². The lowest BCUT2D eigenvalue weighted by atomic mass is 10.3. The Kier molecular flexibility index (Phi) is 3.49. The van der Waals surface area contributed by atoms with Crippen LogP contribution in [0, 0.1) is 11.6 Å². The zero-order chi connectivity index (χ0) is 12.5. The second-order valence-corrected chi connectivity index (χ2v) is 4.93. The summed E-state index contributed by atoms with van der Waals surface area (Å²) in [5.41, 5.74) is 0. The second-order valence-electron chi connectivity index (χ2n) is 3.40. The zero-order valence-corrected chi connectivity index (χ0v) is 9.51. The quantitative estimate of drug-likeness (QED) is 0.882. The molecule has 1 aromatic rings. The molecule has 2 N–H and O–H groups in total. The molecule has 0 radical (unpaired) electrons. The molecule has 1 aromatic carbocycles. The molecular formula is C9H11F2NO3S. The smallest absolute Gasteiger partial charge is 0.241 e. The van der Waals surface area contributed by atoms with Crippen LogP contribution in [-0.2, 0) is 10.0 Å². The van der Waals surface area contributed by atoms with Crippen LogP contribution in [0.4, 0.5) is 8.78 Å². The largest absolute Gasteiger partial charge is 0.488 e. The number of ether oxygens (including phenoxy) is 1. The van der Waals surface area contributed by atoms with Gasteiger partial charge in [-0.15, -0.1) is 0 Å². The zero-order valence-electron chi connectivity index (χ0n) is 8.70. The van der Waals surface area contributed by atoms with Crippen LogP contribution < -0.4 is 9.88 Å². The number of benzene rings is 1. The lowest BCUT2D eigenvalue weighted by Crippen LogP contribution is -2.16. The summed E-state index contributed by atoms with van der Waals surface area (Å²) < 4.78 is 53.3. The Hall–Kier alpha value is -1.21. The summed E-state index contributed by atoms with van der Waals surface area (Å²) in [7, 11) is -4.27. The maximum absolute atomic E-state index is 13.3. The molecule has 0 atom stereocenters. The van der Waals surface area contributed by atoms with E-state index in [1.807, 2.05) is 0 Å². The van der Waals surface area contributed by atoms with Crippen molar-refractivity contribution < 1.29 is 21.9 Å². The highest BCUT2D eigenvalue weighted by molar-refractivity contribution is 7.89. The maximum atomic E-state index is 13.3. The molecule has 1 rings (SSSR count). The number of primary sulfonamides is 1. The second kappa shape index (κ2) is 4.34. The van der Waals surface area contributed by atoms with Crippen LogP contribution in [0.15, 0.2) is 17.0 Å². The van der Waals surface area contributed by atoms with Crippen LogP contribution in [0.5, 0.6) is 5.75 Å². The van der Waals surface area contributed by atoms with Crippen molar-refractivity contribution in [2.75, 3.05) is 0 Å². The number of hydrogen-bond acceptors (Lipinski definition) is 3. The summed E-state index contributed by atoms with van der Waals surface area (Å²) >= 11 is 0. The van der Waals surface area contributed by atoms with E-state index in [-0.39, 0.29) is 11.9 Å². The van der Waals surface area contributed by atoms with Crippen LogP contribution >= 0.6 is 0 Å². The molecule has 0 fully saturated rings. The average Bonchev–Trinajstić information content (AvgIpc) is 2.10. The molecule has 4 nitrogen and oxygen atoms in total. The van der Waals surface area contributed by atoms with Gasteiger partial charge in [0.2, 0.25) is 15.8 Å². The van der Waals surface area contributed by atoms with Gasteiger partial charge in [0, 0.05) is 0 Å². The van der Waals surface area contributed by atoms with Crippen LogP contribution in [0.1, 0.15) is 13.8 Å². The molecule has 0 aliphatic carbocycles. The van der Waals surface area contributed by atoms with Crippen LogP contribution in [0.25, 0.3) is 0 Å². The maximum Gasteiger partial charge on any atom is 0.241 e. The van der Waals surface area contributed by atoms with E-state index in [0.717, 1.165) is 12.1 Å². The first-order valence-electron chi connectivity index (χ1n) is 4.41. The fourth-order valence-electron chi connectivity index (χ4n) is 1.08. The van der Waals surface area contributed by atoms with Gasteiger partial charge in [0.15, 0.2) is 11.6 Å². The van der Waals surface area contributed by atoms with Gasteiger partial charge in [0.1, 0.15) is 4.90 Å². The number of nitrogens with two attached hydrogens (primary N) is 1. The minimum atomic E-state index is -4.27. The van der Waals surface area contributed by atoms with Gasteiger partial charge < -0.3 is 4.74 Å². The molecule has 0 aliphatic heterocycles. The van der Waals surface area contributed by atoms with E-state index in [9.17, 15) is 17.2 Å². The molecule has 0 saturated heterocycles. The first-order valence-corrected chi connectivity index (χ1v) is 5.95. The Bertz CT molecular complexity index is 500. The SMILES string of the molecule is CC(C)Oc1ccc(S(N)(=O)=O)c(F)c1F. The lowest BCUT2D eigenvalue weighted by molar-refractivity contribution is 0.227. The van der Waals surface area contributed by atoms with E-state index in [0.29, 0.717) is 0 Å². The topological polar surface area (TPSA) is 69.4 Å². The Balaban J connectivity index is 3.29. The van der Waals surface area contributed by atoms with Gasteiger partial charge in [0.05, 0.1) is 6.10 Å². The minimum absolute atomic E-state index is 0.347. The highest BCUT2D eigenvalue weighted by atomic mass is 32.2. The highest BCUT2D eigenvalue weighted by Gasteiger charge is 2.21. The summed E-state index contributed by atoms with van der Waals surface area (Å²) in [5, 5.41) is 4.70. The molecule has 0 aliphatic rings. The average molecular weight is 251 g/mol. The van der Waals surface area contributed by atoms with Gasteiger partial charge >= 0.3 is 0 Å². The van der Waals surface area contributed by atoms with E-state index >= 15 is 0 Å². The Morgan fingerprint density at radius 1 is 1.25 bits per heavy atom. The van der Waals surface area contributed by atoms with Crippen molar-refractivity contribution in [1.82, 2.24) is 0 Å². The number of hydrogen-bond donors (Lipinski definition) is 1. The van der Waals surface area contributed by atoms with E-state index in [2.05, 4.69) is 0 Å². The van der Waals surface area contributed by atoms with E-state index < -0.39 is 26.6 Å². The third-order valence-electron chi connectivity index (χ3n) is 1.68. The van der Waals surface area contributed by atoms with Crippen LogP contribution in [0.2, 0.25) is 0 Å². The minimum Gasteiger partial charge on any atom is -0.488 e. The van der Waals surface area contributed by atoms with Gasteiger partial charge in [-0.25, -0.2) is 17.9 Å². The molecule has 7 heteroatoms. The van der Waals surface area contributed by atoms with Gasteiger partial charge in [-0.05, 0) is 26.0 Å². The summed E-state index contributed by atoms with van der Waals surface area (Å²) in [6.45, 7) is 3.26. The summed E-state index contributed by atoms with van der Waals surface area (Å²) in [5.74, 6) is -3.24. The molecule has 0 heterocycles. The number of sulfonamides is 1. The molecule has 0 aromatic heterocycles. The number of halogens is 2. The van der Waals surface area contributed by atoms with E-state index in [4.69, 9.17) is 9.88 Å². The Labute approximate surface area is 92.1 Å². The van der Waals surface area contributed by atoms with Gasteiger partial charge in [0.25, 0.3) is 0 Å². The number of rotatable bonds is 3. The Morgan fingerprint density at radius 2 is 1.81 bits per heavy atom. The molecule has 0 spiro atoms. The first-order chi connectivity index (χ1) is 7.23. The Morgan fingerprint density at radius 3 is 2.25 bits per heavy atom. The molecule has 0 unspecified atom stereocenters. The van der Waals surface area contributed by atoms with Crippen molar-refractivity contribution in [1.29, 1.82) is 0 Å². The van der Waals surface area contributed by atoms with Crippen molar-refractivity contribution >= 4 is 10.0 Å². The highest BCUT2D eigenvalue weighted by Crippen LogP contribution is 2.25. The third-order valence-corrected chi connectivity index (χ3v) is 2.61. The molecular weight excluding hydrogens is 240 g/mol. The standard InChI is InChI=1S/C9H11F2NO3S/c1-5(2)15-6-3-4-7(16(12,13)14)9(11)8(6)10/h3-5H,1-2H3,(H2,12,13,14).